The lowest BCUT2D eigenvalue weighted by Gasteiger charge is -2.25. The van der Waals surface area contributed by atoms with Gasteiger partial charge in [0.15, 0.2) is 0 Å². The highest BCUT2D eigenvalue weighted by Crippen LogP contribution is 2.53. The highest BCUT2D eigenvalue weighted by molar-refractivity contribution is 6.09. The maximum absolute atomic E-state index is 6.98. The van der Waals surface area contributed by atoms with Gasteiger partial charge in [0, 0.05) is 50.1 Å². The molecular weight excluding hydrogens is 1300 g/mol. The normalized spacial score (nSPS) is 10.5. The van der Waals surface area contributed by atoms with Gasteiger partial charge in [0.2, 0.25) is 0 Å². The molecule has 108 heavy (non-hydrogen) atoms. The molecule has 16 rings (SSSR count). The summed E-state index contributed by atoms with van der Waals surface area (Å²) < 4.78 is 6.98. The summed E-state index contributed by atoms with van der Waals surface area (Å²) in [6.07, 6.45) is 6.20. The highest BCUT2D eigenvalue weighted by Gasteiger charge is 2.27. The van der Waals surface area contributed by atoms with E-state index in [4.69, 9.17) is 11.2 Å². The molecule has 0 aliphatic rings. The van der Waals surface area contributed by atoms with Gasteiger partial charge >= 0.3 is 0 Å². The Morgan fingerprint density at radius 3 is 0.722 bits per heavy atom. The third-order valence-electron chi connectivity index (χ3n) is 19.2. The Balaban J connectivity index is 0.835. The van der Waals surface area contributed by atoms with E-state index in [-0.39, 0.29) is 0 Å². The SMILES string of the molecule is C#Cc1cccc(-c2cc(-c3ccc(C#Cc4ccccc4)cc3)c(-c3ccc(Oc4ccc(-c5c(-c6ccc(C#Cc7ccccc7)cc6)cc(-c6cccc(C)c6)c(-c6ccc(C#Cc7ccccc7)cc6)c5-c5ccccc5)cc4)cc3)c(-c3ccccc3)c2-c2ccc(C#Cc3ccccc3)cc2)c1. The first-order valence-electron chi connectivity index (χ1n) is 36.1. The topological polar surface area (TPSA) is 9.23 Å². The summed E-state index contributed by atoms with van der Waals surface area (Å²) in [5, 5.41) is 0. The van der Waals surface area contributed by atoms with Crippen LogP contribution < -0.4 is 4.74 Å². The fourth-order valence-corrected chi connectivity index (χ4v) is 13.9. The van der Waals surface area contributed by atoms with Gasteiger partial charge in [-0.3, -0.25) is 0 Å². The van der Waals surface area contributed by atoms with Crippen LogP contribution in [0, 0.1) is 66.6 Å². The molecule has 0 spiro atoms. The summed E-state index contributed by atoms with van der Waals surface area (Å²) >= 11 is 0. The lowest BCUT2D eigenvalue weighted by atomic mass is 9.78. The fraction of sp³-hybridized carbons (Fsp3) is 0.00935. The summed E-state index contributed by atoms with van der Waals surface area (Å²) in [7, 11) is 0. The summed E-state index contributed by atoms with van der Waals surface area (Å²) in [4.78, 5) is 0. The lowest BCUT2D eigenvalue weighted by molar-refractivity contribution is 0.483. The van der Waals surface area contributed by atoms with E-state index in [2.05, 4.69) is 315 Å². The Morgan fingerprint density at radius 2 is 0.417 bits per heavy atom. The Bertz CT molecular complexity index is 6230. The molecule has 0 atom stereocenters. The molecule has 0 fully saturated rings. The smallest absolute Gasteiger partial charge is 0.127 e. The zero-order valence-corrected chi connectivity index (χ0v) is 59.4. The second-order valence-electron chi connectivity index (χ2n) is 26.4. The van der Waals surface area contributed by atoms with Crippen LogP contribution in [0.4, 0.5) is 0 Å². The molecule has 0 radical (unpaired) electrons. The minimum atomic E-state index is 0.689. The zero-order valence-electron chi connectivity index (χ0n) is 59.4. The molecule has 0 saturated heterocycles. The first kappa shape index (κ1) is 67.6. The molecule has 16 aromatic carbocycles. The van der Waals surface area contributed by atoms with Gasteiger partial charge in [0.25, 0.3) is 0 Å². The molecule has 1 nitrogen and oxygen atoms in total. The van der Waals surface area contributed by atoms with Crippen molar-refractivity contribution in [1.82, 2.24) is 0 Å². The molecule has 0 aromatic heterocycles. The van der Waals surface area contributed by atoms with E-state index < -0.39 is 0 Å². The highest BCUT2D eigenvalue weighted by atomic mass is 16.5. The van der Waals surface area contributed by atoms with E-state index in [0.29, 0.717) is 11.5 Å². The average Bonchev–Trinajstić information content (AvgIpc) is 0.742. The zero-order chi connectivity index (χ0) is 72.8. The van der Waals surface area contributed by atoms with Gasteiger partial charge in [-0.25, -0.2) is 0 Å². The summed E-state index contributed by atoms with van der Waals surface area (Å²) in [5.41, 5.74) is 30.8. The van der Waals surface area contributed by atoms with Crippen molar-refractivity contribution in [1.29, 1.82) is 0 Å². The van der Waals surface area contributed by atoms with Gasteiger partial charge in [0.1, 0.15) is 11.5 Å². The van der Waals surface area contributed by atoms with Gasteiger partial charge in [-0.1, -0.05) is 302 Å². The Kier molecular flexibility index (Phi) is 19.9. The molecule has 16 aromatic rings. The molecule has 1 heteroatoms. The first-order valence-corrected chi connectivity index (χ1v) is 36.1. The van der Waals surface area contributed by atoms with Gasteiger partial charge in [0.05, 0.1) is 0 Å². The monoisotopic (exact) mass is 1370 g/mol. The fourth-order valence-electron chi connectivity index (χ4n) is 13.9. The molecule has 0 N–H and O–H groups in total. The second-order valence-corrected chi connectivity index (χ2v) is 26.4. The van der Waals surface area contributed by atoms with Crippen LogP contribution in [0.2, 0.25) is 0 Å². The van der Waals surface area contributed by atoms with E-state index in [1.807, 2.05) is 133 Å². The lowest BCUT2D eigenvalue weighted by Crippen LogP contribution is -1.99. The van der Waals surface area contributed by atoms with Crippen molar-refractivity contribution in [3.05, 3.63) is 444 Å². The predicted molar refractivity (Wildman–Crippen MR) is 450 cm³/mol. The standard InChI is InChI=1S/C107H68O/c1-3-77-33-23-39-95(73-77)101-75-99(87-58-50-83(51-59-87)45-41-79-27-12-5-13-28-79)103(107(89-36-20-9-21-37-89)105(101)91-62-54-85(55-63-91)47-43-81-31-16-7-17-32-81)93-66-70-97(71-67-93)108-96-68-64-92(65-69-96)102-98(86-56-48-82(49-57-86)44-40-78-25-10-4-11-26-78)74-100(94-38-22-24-76(2)72-94)104(106(102)88-34-18-8-19-35-88)90-60-52-84(53-61-90)46-42-80-29-14-6-15-30-80/h1,4-39,48-75H,2H3. The third kappa shape index (κ3) is 15.4. The molecule has 0 aliphatic heterocycles. The Hall–Kier alpha value is -14.9. The van der Waals surface area contributed by atoms with Crippen molar-refractivity contribution >= 4 is 0 Å². The summed E-state index contributed by atoms with van der Waals surface area (Å²) in [5.74, 6) is 31.5. The molecule has 0 amide bonds. The van der Waals surface area contributed by atoms with Crippen LogP contribution in [0.3, 0.4) is 0 Å². The van der Waals surface area contributed by atoms with Crippen molar-refractivity contribution in [2.75, 3.05) is 0 Å². The predicted octanol–water partition coefficient (Wildman–Crippen LogP) is 26.0. The van der Waals surface area contributed by atoms with Crippen molar-refractivity contribution in [3.8, 4) is 182 Å². The Labute approximate surface area is 633 Å². The average molecular weight is 1370 g/mol. The molecule has 0 bridgehead atoms. The van der Waals surface area contributed by atoms with Crippen LogP contribution in [0.1, 0.15) is 55.6 Å². The number of benzene rings is 16. The van der Waals surface area contributed by atoms with Crippen molar-refractivity contribution in [3.63, 3.8) is 0 Å². The van der Waals surface area contributed by atoms with Crippen molar-refractivity contribution in [2.45, 2.75) is 6.92 Å². The maximum atomic E-state index is 6.98. The maximum Gasteiger partial charge on any atom is 0.127 e. The van der Waals surface area contributed by atoms with Crippen LogP contribution in [0.15, 0.2) is 388 Å². The second kappa shape index (κ2) is 31.8. The third-order valence-corrected chi connectivity index (χ3v) is 19.2. The number of aryl methyl sites for hydroxylation is 1. The molecule has 0 unspecified atom stereocenters. The van der Waals surface area contributed by atoms with Crippen LogP contribution in [-0.2, 0) is 0 Å². The van der Waals surface area contributed by atoms with Crippen molar-refractivity contribution in [2.24, 2.45) is 0 Å². The minimum Gasteiger partial charge on any atom is -0.457 e. The first-order chi connectivity index (χ1) is 53.4. The number of ether oxygens (including phenoxy) is 1. The summed E-state index contributed by atoms with van der Waals surface area (Å²) in [6.45, 7) is 2.16. The largest absolute Gasteiger partial charge is 0.457 e. The van der Waals surface area contributed by atoms with E-state index in [9.17, 15) is 0 Å². The number of hydrogen-bond acceptors (Lipinski definition) is 1. The molecule has 502 valence electrons. The van der Waals surface area contributed by atoms with Crippen LogP contribution in [-0.4, -0.2) is 0 Å². The molecule has 0 aliphatic carbocycles. The number of rotatable bonds is 12. The summed E-state index contributed by atoms with van der Waals surface area (Å²) in [6, 6.07) is 136. The molecular formula is C107H68O. The van der Waals surface area contributed by atoms with Gasteiger partial charge in [-0.2, -0.15) is 0 Å². The van der Waals surface area contributed by atoms with Crippen LogP contribution >= 0.6 is 0 Å². The van der Waals surface area contributed by atoms with Crippen LogP contribution in [0.25, 0.3) is 111 Å². The van der Waals surface area contributed by atoms with E-state index >= 15 is 0 Å². The van der Waals surface area contributed by atoms with Gasteiger partial charge in [-0.05, 0) is 264 Å². The van der Waals surface area contributed by atoms with E-state index in [0.717, 1.165) is 161 Å². The number of terminal acetylenes is 1. The minimum absolute atomic E-state index is 0.689. The van der Waals surface area contributed by atoms with E-state index in [1.54, 1.807) is 0 Å². The van der Waals surface area contributed by atoms with Gasteiger partial charge < -0.3 is 4.74 Å². The molecule has 0 heterocycles. The Morgan fingerprint density at radius 1 is 0.185 bits per heavy atom. The molecule has 0 saturated carbocycles. The quantitative estimate of drug-likeness (QED) is 0.111. The van der Waals surface area contributed by atoms with Crippen molar-refractivity contribution < 1.29 is 4.74 Å². The van der Waals surface area contributed by atoms with E-state index in [1.165, 1.54) is 5.56 Å². The van der Waals surface area contributed by atoms with Gasteiger partial charge in [-0.15, -0.1) is 6.42 Å². The van der Waals surface area contributed by atoms with Crippen LogP contribution in [0.5, 0.6) is 11.5 Å². The number of hydrogen-bond donors (Lipinski definition) is 0.